The molecule has 2 heterocycles. The Morgan fingerprint density at radius 1 is 1.28 bits per heavy atom. The zero-order valence-corrected chi connectivity index (χ0v) is 13.1. The number of hydrogen-bond acceptors (Lipinski definition) is 4. The van der Waals surface area contributed by atoms with Gasteiger partial charge in [0.15, 0.2) is 0 Å². The fourth-order valence-corrected chi connectivity index (χ4v) is 4.19. The summed E-state index contributed by atoms with van der Waals surface area (Å²) in [7, 11) is -1.52. The van der Waals surface area contributed by atoms with Crippen LogP contribution >= 0.6 is 28.1 Å². The van der Waals surface area contributed by atoms with E-state index in [0.29, 0.717) is 22.1 Å². The Morgan fingerprint density at radius 2 is 1.89 bits per heavy atom. The van der Waals surface area contributed by atoms with Crippen molar-refractivity contribution in [2.75, 3.05) is 33.2 Å². The van der Waals surface area contributed by atoms with Gasteiger partial charge in [0.2, 0.25) is 10.0 Å². The highest BCUT2D eigenvalue weighted by atomic mass is 79.9. The number of rotatable bonds is 2. The molecular formula is C10H14BrN3O2S2. The summed E-state index contributed by atoms with van der Waals surface area (Å²) in [5, 5.41) is 0. The molecule has 5 nitrogen and oxygen atoms in total. The van der Waals surface area contributed by atoms with Crippen LogP contribution in [0, 0.1) is 4.51 Å². The number of hydrogen-bond donors (Lipinski definition) is 1. The molecule has 1 aromatic rings. The second-order valence-electron chi connectivity index (χ2n) is 4.20. The number of nitrogens with zero attached hydrogens (tertiary/aromatic N) is 2. The van der Waals surface area contributed by atoms with Gasteiger partial charge in [-0.1, -0.05) is 12.2 Å². The van der Waals surface area contributed by atoms with Crippen LogP contribution < -0.4 is 0 Å². The summed E-state index contributed by atoms with van der Waals surface area (Å²) in [6, 6.07) is 0. The van der Waals surface area contributed by atoms with Crippen molar-refractivity contribution in [1.82, 2.24) is 14.2 Å². The summed E-state index contributed by atoms with van der Waals surface area (Å²) in [6.45, 7) is 2.48. The maximum absolute atomic E-state index is 12.5. The Kier molecular flexibility index (Phi) is 4.22. The van der Waals surface area contributed by atoms with Gasteiger partial charge >= 0.3 is 0 Å². The highest BCUT2D eigenvalue weighted by Gasteiger charge is 2.28. The van der Waals surface area contributed by atoms with E-state index in [-0.39, 0.29) is 4.90 Å². The third-order valence-corrected chi connectivity index (χ3v) is 6.32. The minimum Gasteiger partial charge on any atom is -0.365 e. The zero-order valence-electron chi connectivity index (χ0n) is 9.89. The highest BCUT2D eigenvalue weighted by molar-refractivity contribution is 9.10. The second kappa shape index (κ2) is 5.38. The van der Waals surface area contributed by atoms with Gasteiger partial charge in [-0.05, 0) is 23.0 Å². The van der Waals surface area contributed by atoms with E-state index in [9.17, 15) is 8.42 Å². The van der Waals surface area contributed by atoms with Crippen LogP contribution in [0.4, 0.5) is 0 Å². The number of pyridine rings is 1. The average molecular weight is 352 g/mol. The molecule has 0 radical (unpaired) electrons. The third-order valence-electron chi connectivity index (χ3n) is 2.95. The lowest BCUT2D eigenvalue weighted by Crippen LogP contribution is -2.47. The van der Waals surface area contributed by atoms with Crippen molar-refractivity contribution in [3.8, 4) is 0 Å². The van der Waals surface area contributed by atoms with E-state index in [1.165, 1.54) is 10.5 Å². The van der Waals surface area contributed by atoms with E-state index in [4.69, 9.17) is 12.2 Å². The maximum Gasteiger partial charge on any atom is 0.246 e. The lowest BCUT2D eigenvalue weighted by molar-refractivity contribution is 0.222. The average Bonchev–Trinajstić information content (AvgIpc) is 2.33. The molecule has 0 bridgehead atoms. The van der Waals surface area contributed by atoms with Gasteiger partial charge in [0.05, 0.1) is 8.98 Å². The van der Waals surface area contributed by atoms with E-state index in [1.807, 2.05) is 7.05 Å². The molecule has 8 heteroatoms. The summed E-state index contributed by atoms with van der Waals surface area (Å²) < 4.78 is 27.3. The lowest BCUT2D eigenvalue weighted by atomic mass is 10.4. The van der Waals surface area contributed by atoms with Crippen molar-refractivity contribution in [3.63, 3.8) is 0 Å². The Labute approximate surface area is 120 Å². The largest absolute Gasteiger partial charge is 0.365 e. The van der Waals surface area contributed by atoms with Crippen LogP contribution in [0.3, 0.4) is 0 Å². The molecule has 0 unspecified atom stereocenters. The number of piperazine rings is 1. The van der Waals surface area contributed by atoms with Crippen LogP contribution in [0.2, 0.25) is 0 Å². The number of halogens is 1. The summed E-state index contributed by atoms with van der Waals surface area (Å²) in [5.41, 5.74) is 0. The van der Waals surface area contributed by atoms with Crippen LogP contribution in [0.15, 0.2) is 21.8 Å². The van der Waals surface area contributed by atoms with Gasteiger partial charge in [-0.15, -0.1) is 0 Å². The van der Waals surface area contributed by atoms with Gasteiger partial charge < -0.3 is 9.88 Å². The Morgan fingerprint density at radius 3 is 2.50 bits per heavy atom. The highest BCUT2D eigenvalue weighted by Crippen LogP contribution is 2.22. The fraction of sp³-hybridized carbons (Fsp3) is 0.500. The van der Waals surface area contributed by atoms with Crippen molar-refractivity contribution >= 4 is 38.2 Å². The molecular weight excluding hydrogens is 338 g/mol. The van der Waals surface area contributed by atoms with Gasteiger partial charge in [0.25, 0.3) is 0 Å². The van der Waals surface area contributed by atoms with Crippen LogP contribution in [0.25, 0.3) is 0 Å². The molecule has 1 fully saturated rings. The van der Waals surface area contributed by atoms with Crippen LogP contribution in [0.1, 0.15) is 0 Å². The minimum atomic E-state index is -3.50. The molecule has 0 spiro atoms. The predicted molar refractivity (Wildman–Crippen MR) is 75.6 cm³/mol. The number of nitrogens with one attached hydrogen (secondary N) is 1. The quantitative estimate of drug-likeness (QED) is 0.819. The van der Waals surface area contributed by atoms with Crippen molar-refractivity contribution in [1.29, 1.82) is 0 Å². The first kappa shape index (κ1) is 14.1. The summed E-state index contributed by atoms with van der Waals surface area (Å²) in [4.78, 5) is 5.06. The normalized spacial score (nSPS) is 19.0. The van der Waals surface area contributed by atoms with Crippen molar-refractivity contribution < 1.29 is 8.42 Å². The van der Waals surface area contributed by atoms with Gasteiger partial charge in [-0.25, -0.2) is 8.42 Å². The van der Waals surface area contributed by atoms with Crippen molar-refractivity contribution in [3.05, 3.63) is 21.4 Å². The lowest BCUT2D eigenvalue weighted by Gasteiger charge is -2.31. The van der Waals surface area contributed by atoms with E-state index < -0.39 is 10.0 Å². The zero-order chi connectivity index (χ0) is 13.3. The number of aromatic amines is 1. The van der Waals surface area contributed by atoms with Crippen molar-refractivity contribution in [2.24, 2.45) is 0 Å². The van der Waals surface area contributed by atoms with Gasteiger partial charge in [0.1, 0.15) is 4.90 Å². The SMILES string of the molecule is CN1CCN(S(=O)(=O)c2c[nH]cc(Br)c2=S)CC1. The number of sulfonamides is 1. The standard InChI is InChI=1S/C10H14BrN3O2S2/c1-13-2-4-14(5-3-13)18(15,16)9-7-12-6-8(11)10(9)17/h6-7H,2-5H2,1H3,(H,12,17). The molecule has 0 aliphatic carbocycles. The minimum absolute atomic E-state index is 0.163. The Balaban J connectivity index is 2.37. The fourth-order valence-electron chi connectivity index (χ4n) is 1.80. The van der Waals surface area contributed by atoms with Crippen LogP contribution in [-0.2, 0) is 10.0 Å². The Hall–Kier alpha value is -0.280. The second-order valence-corrected chi connectivity index (χ2v) is 7.37. The van der Waals surface area contributed by atoms with Crippen LogP contribution in [0.5, 0.6) is 0 Å². The van der Waals surface area contributed by atoms with Gasteiger partial charge in [-0.2, -0.15) is 4.31 Å². The molecule has 1 aromatic heterocycles. The molecule has 0 atom stereocenters. The van der Waals surface area contributed by atoms with Gasteiger partial charge in [0, 0.05) is 38.6 Å². The molecule has 100 valence electrons. The first-order valence-corrected chi connectivity index (χ1v) is 8.12. The summed E-state index contributed by atoms with van der Waals surface area (Å²) in [6.07, 6.45) is 3.08. The topological polar surface area (TPSA) is 56.4 Å². The Bertz CT molecular complexity index is 591. The van der Waals surface area contributed by atoms with E-state index in [2.05, 4.69) is 25.8 Å². The number of aromatic nitrogens is 1. The summed E-state index contributed by atoms with van der Waals surface area (Å²) >= 11 is 8.40. The number of likely N-dealkylation sites (N-methyl/N-ethyl adjacent to an activating group) is 1. The molecule has 1 saturated heterocycles. The molecule has 0 aromatic carbocycles. The first-order valence-electron chi connectivity index (χ1n) is 5.48. The van der Waals surface area contributed by atoms with Gasteiger partial charge in [-0.3, -0.25) is 0 Å². The molecule has 1 aliphatic rings. The molecule has 1 N–H and O–H groups in total. The van der Waals surface area contributed by atoms with E-state index in [0.717, 1.165) is 13.1 Å². The molecule has 0 saturated carbocycles. The monoisotopic (exact) mass is 351 g/mol. The molecule has 2 rings (SSSR count). The maximum atomic E-state index is 12.5. The van der Waals surface area contributed by atoms with E-state index in [1.54, 1.807) is 6.20 Å². The first-order chi connectivity index (χ1) is 8.43. The predicted octanol–water partition coefficient (Wildman–Crippen LogP) is 1.44. The third kappa shape index (κ3) is 2.67. The van der Waals surface area contributed by atoms with Crippen LogP contribution in [-0.4, -0.2) is 55.8 Å². The van der Waals surface area contributed by atoms with Crippen molar-refractivity contribution in [2.45, 2.75) is 4.90 Å². The summed E-state index contributed by atoms with van der Waals surface area (Å²) in [5.74, 6) is 0. The number of H-pyrrole nitrogens is 1. The molecule has 1 aliphatic heterocycles. The smallest absolute Gasteiger partial charge is 0.246 e. The molecule has 18 heavy (non-hydrogen) atoms. The molecule has 0 amide bonds. The van der Waals surface area contributed by atoms with E-state index >= 15 is 0 Å².